The fraction of sp³-hybridized carbons (Fsp3) is 0.500. The smallest absolute Gasteiger partial charge is 0.199 e. The van der Waals surface area contributed by atoms with E-state index >= 15 is 0 Å². The first-order chi connectivity index (χ1) is 13.3. The number of likely N-dealkylation sites (tertiary alicyclic amines) is 1. The van der Waals surface area contributed by atoms with Crippen molar-refractivity contribution in [2.45, 2.75) is 45.0 Å². The number of hydrogen-bond donors (Lipinski definition) is 1. The maximum Gasteiger partial charge on any atom is 0.199 e. The van der Waals surface area contributed by atoms with Gasteiger partial charge in [0.25, 0.3) is 0 Å². The lowest BCUT2D eigenvalue weighted by molar-refractivity contribution is 0.0967. The van der Waals surface area contributed by atoms with Gasteiger partial charge in [-0.25, -0.2) is 4.68 Å². The van der Waals surface area contributed by atoms with Crippen molar-refractivity contribution in [1.29, 1.82) is 0 Å². The minimum absolute atomic E-state index is 0.227. The van der Waals surface area contributed by atoms with Crippen LogP contribution in [-0.4, -0.2) is 50.0 Å². The standard InChI is InChI=1S/C20H25N5OS/c27-20-24(13-15-6-5-11-26-15)19(22-25(20)14-23-9-3-4-10-23)17-12-21-18-8-2-1-7-16(17)18/h1-2,7-8,12,15,21H,3-6,9-11,13-14H2/t15-/m0/s1. The van der Waals surface area contributed by atoms with Crippen molar-refractivity contribution in [3.63, 3.8) is 0 Å². The number of aromatic nitrogens is 4. The van der Waals surface area contributed by atoms with Crippen LogP contribution < -0.4 is 0 Å². The average Bonchev–Trinajstić information content (AvgIpc) is 3.47. The first kappa shape index (κ1) is 17.2. The van der Waals surface area contributed by atoms with Crippen molar-refractivity contribution in [2.24, 2.45) is 0 Å². The number of fused-ring (bicyclic) bond motifs is 1. The van der Waals surface area contributed by atoms with Crippen LogP contribution in [0.3, 0.4) is 0 Å². The minimum atomic E-state index is 0.227. The molecule has 0 amide bonds. The summed E-state index contributed by atoms with van der Waals surface area (Å²) in [5.41, 5.74) is 2.23. The number of rotatable bonds is 5. The highest BCUT2D eigenvalue weighted by molar-refractivity contribution is 7.71. The molecule has 1 atom stereocenters. The van der Waals surface area contributed by atoms with Gasteiger partial charge >= 0.3 is 0 Å². The van der Waals surface area contributed by atoms with Crippen LogP contribution in [0.4, 0.5) is 0 Å². The van der Waals surface area contributed by atoms with Crippen molar-refractivity contribution in [3.05, 3.63) is 35.2 Å². The molecule has 1 N–H and O–H groups in total. The van der Waals surface area contributed by atoms with Gasteiger partial charge in [-0.2, -0.15) is 5.10 Å². The third-order valence-corrected chi connectivity index (χ3v) is 6.13. The summed E-state index contributed by atoms with van der Waals surface area (Å²) in [6, 6.07) is 8.35. The number of para-hydroxylation sites is 1. The van der Waals surface area contributed by atoms with Gasteiger partial charge in [-0.15, -0.1) is 0 Å². The summed E-state index contributed by atoms with van der Waals surface area (Å²) >= 11 is 5.85. The molecular formula is C20H25N5OS. The predicted molar refractivity (Wildman–Crippen MR) is 108 cm³/mol. The molecular weight excluding hydrogens is 358 g/mol. The Labute approximate surface area is 163 Å². The summed E-state index contributed by atoms with van der Waals surface area (Å²) in [6.45, 7) is 4.65. The molecule has 5 rings (SSSR count). The van der Waals surface area contributed by atoms with E-state index < -0.39 is 0 Å². The summed E-state index contributed by atoms with van der Waals surface area (Å²) in [6.07, 6.45) is 7.02. The van der Waals surface area contributed by atoms with Crippen LogP contribution in [0.15, 0.2) is 30.5 Å². The first-order valence-electron chi connectivity index (χ1n) is 9.88. The number of H-pyrrole nitrogens is 1. The van der Waals surface area contributed by atoms with Gasteiger partial charge in [0.15, 0.2) is 10.6 Å². The van der Waals surface area contributed by atoms with Crippen LogP contribution in [0, 0.1) is 4.77 Å². The maximum atomic E-state index is 5.89. The van der Waals surface area contributed by atoms with Crippen LogP contribution >= 0.6 is 12.2 Å². The molecule has 0 spiro atoms. The van der Waals surface area contributed by atoms with Gasteiger partial charge < -0.3 is 9.72 Å². The zero-order valence-corrected chi connectivity index (χ0v) is 16.2. The van der Waals surface area contributed by atoms with Crippen molar-refractivity contribution >= 4 is 23.1 Å². The molecule has 1 aromatic carbocycles. The molecule has 2 saturated heterocycles. The monoisotopic (exact) mass is 383 g/mol. The Morgan fingerprint density at radius 1 is 1.19 bits per heavy atom. The summed E-state index contributed by atoms with van der Waals surface area (Å²) in [7, 11) is 0. The third-order valence-electron chi connectivity index (χ3n) is 5.70. The topological polar surface area (TPSA) is 51.0 Å². The van der Waals surface area contributed by atoms with Crippen molar-refractivity contribution in [3.8, 4) is 11.4 Å². The summed E-state index contributed by atoms with van der Waals surface area (Å²) in [5, 5.41) is 6.15. The Hall–Kier alpha value is -1.96. The molecule has 2 aliphatic rings. The van der Waals surface area contributed by atoms with Gasteiger partial charge in [-0.3, -0.25) is 9.47 Å². The van der Waals surface area contributed by atoms with E-state index in [9.17, 15) is 0 Å². The molecule has 27 heavy (non-hydrogen) atoms. The molecule has 0 bridgehead atoms. The van der Waals surface area contributed by atoms with Gasteiger partial charge in [0.1, 0.15) is 0 Å². The van der Waals surface area contributed by atoms with E-state index in [1.807, 2.05) is 16.9 Å². The molecule has 2 fully saturated rings. The quantitative estimate of drug-likeness (QED) is 0.681. The van der Waals surface area contributed by atoms with E-state index in [2.05, 4.69) is 32.7 Å². The highest BCUT2D eigenvalue weighted by Gasteiger charge is 2.23. The molecule has 6 nitrogen and oxygen atoms in total. The van der Waals surface area contributed by atoms with Crippen molar-refractivity contribution in [1.82, 2.24) is 24.2 Å². The first-order valence-corrected chi connectivity index (χ1v) is 10.3. The fourth-order valence-corrected chi connectivity index (χ4v) is 4.52. The van der Waals surface area contributed by atoms with E-state index in [-0.39, 0.29) is 6.10 Å². The average molecular weight is 384 g/mol. The Balaban J connectivity index is 1.58. The van der Waals surface area contributed by atoms with E-state index in [0.717, 1.165) is 67.4 Å². The molecule has 142 valence electrons. The normalized spacial score (nSPS) is 20.8. The Bertz CT molecular complexity index is 991. The maximum absolute atomic E-state index is 5.89. The summed E-state index contributed by atoms with van der Waals surface area (Å²) in [5.74, 6) is 0.937. The number of nitrogens with zero attached hydrogens (tertiary/aromatic N) is 4. The van der Waals surface area contributed by atoms with Crippen LogP contribution in [0.5, 0.6) is 0 Å². The summed E-state index contributed by atoms with van der Waals surface area (Å²) in [4.78, 5) is 5.80. The molecule has 2 aliphatic heterocycles. The van der Waals surface area contributed by atoms with E-state index in [0.29, 0.717) is 0 Å². The molecule has 7 heteroatoms. The van der Waals surface area contributed by atoms with Crippen LogP contribution in [-0.2, 0) is 18.0 Å². The number of ether oxygens (including phenoxy) is 1. The van der Waals surface area contributed by atoms with Crippen LogP contribution in [0.1, 0.15) is 25.7 Å². The number of nitrogens with one attached hydrogen (secondary N) is 1. The molecule has 0 unspecified atom stereocenters. The lowest BCUT2D eigenvalue weighted by Gasteiger charge is -2.14. The molecule has 4 heterocycles. The molecule has 0 aliphatic carbocycles. The molecule has 2 aromatic heterocycles. The second-order valence-electron chi connectivity index (χ2n) is 7.57. The zero-order valence-electron chi connectivity index (χ0n) is 15.4. The van der Waals surface area contributed by atoms with E-state index in [1.165, 1.54) is 18.2 Å². The Morgan fingerprint density at radius 3 is 2.85 bits per heavy atom. The van der Waals surface area contributed by atoms with Gasteiger partial charge in [-0.05, 0) is 57.1 Å². The number of benzene rings is 1. The largest absolute Gasteiger partial charge is 0.376 e. The highest BCUT2D eigenvalue weighted by Crippen LogP contribution is 2.29. The van der Waals surface area contributed by atoms with Crippen LogP contribution in [0.25, 0.3) is 22.3 Å². The number of aromatic amines is 1. The minimum Gasteiger partial charge on any atom is -0.376 e. The van der Waals surface area contributed by atoms with E-state index in [4.69, 9.17) is 22.1 Å². The van der Waals surface area contributed by atoms with E-state index in [1.54, 1.807) is 0 Å². The Kier molecular flexibility index (Phi) is 4.59. The summed E-state index contributed by atoms with van der Waals surface area (Å²) < 4.78 is 10.9. The fourth-order valence-electron chi connectivity index (χ4n) is 4.26. The Morgan fingerprint density at radius 2 is 2.04 bits per heavy atom. The molecule has 0 radical (unpaired) electrons. The van der Waals surface area contributed by atoms with Gasteiger partial charge in [0, 0.05) is 29.3 Å². The second-order valence-corrected chi connectivity index (χ2v) is 7.93. The lowest BCUT2D eigenvalue weighted by Crippen LogP contribution is -2.24. The molecule has 0 saturated carbocycles. The van der Waals surface area contributed by atoms with Crippen molar-refractivity contribution in [2.75, 3.05) is 19.7 Å². The van der Waals surface area contributed by atoms with Gasteiger partial charge in [0.05, 0.1) is 19.3 Å². The number of hydrogen-bond acceptors (Lipinski definition) is 4. The lowest BCUT2D eigenvalue weighted by atomic mass is 10.1. The third kappa shape index (κ3) is 3.24. The van der Waals surface area contributed by atoms with Gasteiger partial charge in [-0.1, -0.05) is 18.2 Å². The zero-order chi connectivity index (χ0) is 18.2. The SMILES string of the molecule is S=c1n(CN2CCCC2)nc(-c2c[nH]c3ccccc23)n1C[C@@H]1CCCO1. The van der Waals surface area contributed by atoms with Crippen molar-refractivity contribution < 1.29 is 4.74 Å². The molecule has 3 aromatic rings. The van der Waals surface area contributed by atoms with Gasteiger partial charge in [0.2, 0.25) is 0 Å². The van der Waals surface area contributed by atoms with Crippen LogP contribution in [0.2, 0.25) is 0 Å². The predicted octanol–water partition coefficient (Wildman–Crippen LogP) is 3.79. The highest BCUT2D eigenvalue weighted by atomic mass is 32.1. The second kappa shape index (κ2) is 7.22.